The van der Waals surface area contributed by atoms with Crippen LogP contribution < -0.4 is 5.84 Å². The standard InChI is InChI=1S/C11H22N2O2/c1-2-3-9-15-11(14)13(12)10-7-5-4-6-8-10/h10H,2-9,12H2,1H3. The average molecular weight is 214 g/mol. The molecule has 15 heavy (non-hydrogen) atoms. The molecule has 4 heteroatoms. The van der Waals surface area contributed by atoms with Crippen molar-refractivity contribution >= 4 is 6.09 Å². The van der Waals surface area contributed by atoms with Gasteiger partial charge in [-0.25, -0.2) is 15.6 Å². The highest BCUT2D eigenvalue weighted by Gasteiger charge is 2.23. The first-order valence-corrected chi connectivity index (χ1v) is 5.96. The number of hydrogen-bond donors (Lipinski definition) is 1. The first-order chi connectivity index (χ1) is 7.25. The maximum atomic E-state index is 11.5. The van der Waals surface area contributed by atoms with Gasteiger partial charge in [0.15, 0.2) is 0 Å². The first-order valence-electron chi connectivity index (χ1n) is 5.96. The Bertz CT molecular complexity index is 191. The highest BCUT2D eigenvalue weighted by atomic mass is 16.6. The number of nitrogens with zero attached hydrogens (tertiary/aromatic N) is 1. The summed E-state index contributed by atoms with van der Waals surface area (Å²) in [6.07, 6.45) is 7.19. The summed E-state index contributed by atoms with van der Waals surface area (Å²) < 4.78 is 5.06. The van der Waals surface area contributed by atoms with Gasteiger partial charge in [0.1, 0.15) is 0 Å². The third kappa shape index (κ3) is 4.08. The van der Waals surface area contributed by atoms with Gasteiger partial charge >= 0.3 is 6.09 Å². The molecule has 0 radical (unpaired) electrons. The molecule has 1 amide bonds. The van der Waals surface area contributed by atoms with Gasteiger partial charge in [-0.1, -0.05) is 32.6 Å². The van der Waals surface area contributed by atoms with Crippen molar-refractivity contribution in [3.63, 3.8) is 0 Å². The van der Waals surface area contributed by atoms with Crippen LogP contribution in [-0.4, -0.2) is 23.8 Å². The fourth-order valence-electron chi connectivity index (χ4n) is 1.89. The van der Waals surface area contributed by atoms with Crippen LogP contribution in [0.15, 0.2) is 0 Å². The third-order valence-corrected chi connectivity index (χ3v) is 2.90. The number of carbonyl (C=O) groups is 1. The lowest BCUT2D eigenvalue weighted by molar-refractivity contribution is 0.0761. The Balaban J connectivity index is 2.24. The van der Waals surface area contributed by atoms with Crippen LogP contribution in [0.2, 0.25) is 0 Å². The number of rotatable bonds is 4. The number of nitrogens with two attached hydrogens (primary N) is 1. The molecule has 0 aliphatic heterocycles. The topological polar surface area (TPSA) is 55.6 Å². The van der Waals surface area contributed by atoms with E-state index in [1.807, 2.05) is 0 Å². The summed E-state index contributed by atoms with van der Waals surface area (Å²) in [4.78, 5) is 11.5. The molecule has 0 saturated heterocycles. The van der Waals surface area contributed by atoms with Gasteiger partial charge in [0.25, 0.3) is 0 Å². The number of amides is 1. The second-order valence-electron chi connectivity index (χ2n) is 4.17. The van der Waals surface area contributed by atoms with E-state index in [1.165, 1.54) is 24.3 Å². The number of hydrazine groups is 1. The second-order valence-corrected chi connectivity index (χ2v) is 4.17. The molecule has 0 aromatic rings. The molecule has 0 aromatic carbocycles. The molecule has 0 spiro atoms. The number of carbonyl (C=O) groups excluding carboxylic acids is 1. The lowest BCUT2D eigenvalue weighted by Crippen LogP contribution is -2.46. The van der Waals surface area contributed by atoms with Crippen molar-refractivity contribution < 1.29 is 9.53 Å². The maximum Gasteiger partial charge on any atom is 0.424 e. The molecule has 1 saturated carbocycles. The normalized spacial score (nSPS) is 17.5. The second kappa shape index (κ2) is 6.67. The molecular weight excluding hydrogens is 192 g/mol. The van der Waals surface area contributed by atoms with E-state index < -0.39 is 0 Å². The lowest BCUT2D eigenvalue weighted by atomic mass is 9.95. The van der Waals surface area contributed by atoms with Gasteiger partial charge in [-0.3, -0.25) is 0 Å². The van der Waals surface area contributed by atoms with Crippen molar-refractivity contribution in [2.24, 2.45) is 5.84 Å². The predicted octanol–water partition coefficient (Wildman–Crippen LogP) is 2.43. The minimum Gasteiger partial charge on any atom is -0.448 e. The minimum absolute atomic E-state index is 0.188. The van der Waals surface area contributed by atoms with E-state index >= 15 is 0 Å². The Labute approximate surface area is 91.7 Å². The van der Waals surface area contributed by atoms with Gasteiger partial charge < -0.3 is 4.74 Å². The van der Waals surface area contributed by atoms with Crippen LogP contribution in [-0.2, 0) is 4.74 Å². The highest BCUT2D eigenvalue weighted by molar-refractivity contribution is 5.67. The van der Waals surface area contributed by atoms with Crippen LogP contribution in [0.3, 0.4) is 0 Å². The molecular formula is C11H22N2O2. The van der Waals surface area contributed by atoms with Gasteiger partial charge in [0.05, 0.1) is 12.6 Å². The molecule has 1 aliphatic carbocycles. The highest BCUT2D eigenvalue weighted by Crippen LogP contribution is 2.21. The Kier molecular flexibility index (Phi) is 5.47. The maximum absolute atomic E-state index is 11.5. The molecule has 0 aromatic heterocycles. The van der Waals surface area contributed by atoms with Gasteiger partial charge in [-0.2, -0.15) is 0 Å². The quantitative estimate of drug-likeness (QED) is 0.338. The van der Waals surface area contributed by atoms with Crippen LogP contribution in [0.25, 0.3) is 0 Å². The SMILES string of the molecule is CCCCOC(=O)N(N)C1CCCCC1. The van der Waals surface area contributed by atoms with Crippen LogP contribution in [0.1, 0.15) is 51.9 Å². The van der Waals surface area contributed by atoms with Crippen molar-refractivity contribution in [2.75, 3.05) is 6.61 Å². The number of ether oxygens (including phenoxy) is 1. The summed E-state index contributed by atoms with van der Waals surface area (Å²) in [5.41, 5.74) is 0. The van der Waals surface area contributed by atoms with Crippen molar-refractivity contribution in [1.29, 1.82) is 0 Å². The summed E-state index contributed by atoms with van der Waals surface area (Å²) in [5, 5.41) is 1.29. The molecule has 1 rings (SSSR count). The van der Waals surface area contributed by atoms with Gasteiger partial charge in [-0.15, -0.1) is 0 Å². The Morgan fingerprint density at radius 3 is 2.67 bits per heavy atom. The smallest absolute Gasteiger partial charge is 0.424 e. The molecule has 0 atom stereocenters. The van der Waals surface area contributed by atoms with E-state index in [1.54, 1.807) is 0 Å². The lowest BCUT2D eigenvalue weighted by Gasteiger charge is -2.29. The summed E-state index contributed by atoms with van der Waals surface area (Å²) >= 11 is 0. The largest absolute Gasteiger partial charge is 0.448 e. The van der Waals surface area contributed by atoms with E-state index in [-0.39, 0.29) is 12.1 Å². The van der Waals surface area contributed by atoms with Gasteiger partial charge in [0, 0.05) is 0 Å². The van der Waals surface area contributed by atoms with Crippen LogP contribution in [0.4, 0.5) is 4.79 Å². The average Bonchev–Trinajstić information content (AvgIpc) is 2.29. The van der Waals surface area contributed by atoms with Gasteiger partial charge in [-0.05, 0) is 19.3 Å². The fourth-order valence-corrected chi connectivity index (χ4v) is 1.89. The molecule has 4 nitrogen and oxygen atoms in total. The zero-order chi connectivity index (χ0) is 11.1. The van der Waals surface area contributed by atoms with E-state index in [2.05, 4.69) is 6.92 Å². The van der Waals surface area contributed by atoms with E-state index in [4.69, 9.17) is 10.6 Å². The molecule has 1 aliphatic rings. The van der Waals surface area contributed by atoms with Crippen molar-refractivity contribution in [1.82, 2.24) is 5.01 Å². The summed E-state index contributed by atoms with van der Waals surface area (Å²) in [7, 11) is 0. The van der Waals surface area contributed by atoms with E-state index in [0.29, 0.717) is 6.61 Å². The Hall–Kier alpha value is -0.770. The molecule has 2 N–H and O–H groups in total. The number of hydrogen-bond acceptors (Lipinski definition) is 3. The van der Waals surface area contributed by atoms with E-state index in [9.17, 15) is 4.79 Å². The van der Waals surface area contributed by atoms with E-state index in [0.717, 1.165) is 25.7 Å². The summed E-state index contributed by atoms with van der Waals surface area (Å²) in [5.74, 6) is 5.73. The molecule has 1 fully saturated rings. The molecule has 0 unspecified atom stereocenters. The molecule has 0 bridgehead atoms. The third-order valence-electron chi connectivity index (χ3n) is 2.90. The molecule has 0 heterocycles. The zero-order valence-corrected chi connectivity index (χ0v) is 9.58. The fraction of sp³-hybridized carbons (Fsp3) is 0.909. The zero-order valence-electron chi connectivity index (χ0n) is 9.58. The molecule has 88 valence electrons. The summed E-state index contributed by atoms with van der Waals surface area (Å²) in [6, 6.07) is 0.188. The Morgan fingerprint density at radius 1 is 1.40 bits per heavy atom. The number of unbranched alkanes of at least 4 members (excludes halogenated alkanes) is 1. The van der Waals surface area contributed by atoms with Crippen molar-refractivity contribution in [2.45, 2.75) is 57.9 Å². The van der Waals surface area contributed by atoms with Crippen LogP contribution in [0, 0.1) is 0 Å². The first kappa shape index (κ1) is 12.3. The van der Waals surface area contributed by atoms with Crippen LogP contribution in [0.5, 0.6) is 0 Å². The summed E-state index contributed by atoms with van der Waals surface area (Å²) in [6.45, 7) is 2.55. The van der Waals surface area contributed by atoms with Crippen molar-refractivity contribution in [3.05, 3.63) is 0 Å². The van der Waals surface area contributed by atoms with Crippen LogP contribution >= 0.6 is 0 Å². The Morgan fingerprint density at radius 2 is 2.07 bits per heavy atom. The predicted molar refractivity (Wildman–Crippen MR) is 59.2 cm³/mol. The van der Waals surface area contributed by atoms with Crippen molar-refractivity contribution in [3.8, 4) is 0 Å². The minimum atomic E-state index is -0.365. The monoisotopic (exact) mass is 214 g/mol. The van der Waals surface area contributed by atoms with Gasteiger partial charge in [0.2, 0.25) is 0 Å².